The molecule has 1 aromatic carbocycles. The van der Waals surface area contributed by atoms with Gasteiger partial charge < -0.3 is 25.1 Å². The van der Waals surface area contributed by atoms with Gasteiger partial charge in [0.15, 0.2) is 0 Å². The predicted octanol–water partition coefficient (Wildman–Crippen LogP) is 1.02. The van der Waals surface area contributed by atoms with Gasteiger partial charge in [-0.05, 0) is 14.1 Å². The predicted molar refractivity (Wildman–Crippen MR) is 89.7 cm³/mol. The highest BCUT2D eigenvalue weighted by Crippen LogP contribution is 2.37. The van der Waals surface area contributed by atoms with Gasteiger partial charge in [0.25, 0.3) is 0 Å². The van der Waals surface area contributed by atoms with Crippen LogP contribution in [0.15, 0.2) is 12.1 Å². The Morgan fingerprint density at radius 3 is 2.39 bits per heavy atom. The molecule has 8 heteroatoms. The minimum Gasteiger partial charge on any atom is -0.619 e. The molecule has 126 valence electrons. The molecule has 0 heterocycles. The highest BCUT2D eigenvalue weighted by Gasteiger charge is 2.23. The van der Waals surface area contributed by atoms with Crippen molar-refractivity contribution in [1.29, 1.82) is 0 Å². The van der Waals surface area contributed by atoms with Crippen molar-refractivity contribution in [2.24, 2.45) is 0 Å². The molecular formula is C15H22N4O4. The second-order valence-electron chi connectivity index (χ2n) is 5.29. The molecule has 0 atom stereocenters. The number of rotatable bonds is 6. The fraction of sp³-hybridized carbons (Fsp3) is 0.400. The minimum atomic E-state index is -0.305. The van der Waals surface area contributed by atoms with Crippen molar-refractivity contribution in [2.75, 3.05) is 45.0 Å². The summed E-state index contributed by atoms with van der Waals surface area (Å²) in [4.78, 5) is 26.6. The number of hydrogen-bond donors (Lipinski definition) is 1. The molecule has 0 saturated heterocycles. The van der Waals surface area contributed by atoms with Gasteiger partial charge in [0.05, 0.1) is 19.3 Å². The average molecular weight is 322 g/mol. The van der Waals surface area contributed by atoms with E-state index in [2.05, 4.69) is 12.0 Å². The molecule has 0 saturated carbocycles. The van der Waals surface area contributed by atoms with E-state index in [1.54, 1.807) is 26.0 Å². The number of likely N-dealkylation sites (N-methyl/N-ethyl adjacent to an activating group) is 2. The third kappa shape index (κ3) is 4.68. The van der Waals surface area contributed by atoms with E-state index in [1.807, 2.05) is 0 Å². The lowest BCUT2D eigenvalue weighted by atomic mass is 10.2. The highest BCUT2D eigenvalue weighted by molar-refractivity contribution is 5.98. The van der Waals surface area contributed by atoms with E-state index in [9.17, 15) is 14.8 Å². The smallest absolute Gasteiger partial charge is 0.242 e. The first-order valence-corrected chi connectivity index (χ1v) is 6.86. The SMILES string of the molecule is C=[N+]([O-])c1cc(NC(C)=O)c(OC)cc1N(C)C(=O)CN(C)C. The molecule has 0 aromatic heterocycles. The summed E-state index contributed by atoms with van der Waals surface area (Å²) in [5.41, 5.74) is 0.814. The Morgan fingerprint density at radius 2 is 1.96 bits per heavy atom. The standard InChI is InChI=1S/C15H22N4O4/c1-10(20)16-11-7-13(19(5)22)12(8-14(11)23-6)18(4)15(21)9-17(2)3/h7-8H,5,9H2,1-4,6H3,(H,16,20). The first-order chi connectivity index (χ1) is 10.7. The van der Waals surface area contributed by atoms with Gasteiger partial charge in [-0.3, -0.25) is 9.59 Å². The van der Waals surface area contributed by atoms with Crippen molar-refractivity contribution in [2.45, 2.75) is 6.92 Å². The number of carbonyl (C=O) groups excluding carboxylic acids is 2. The molecule has 0 spiro atoms. The topological polar surface area (TPSA) is 88.0 Å². The number of amides is 2. The van der Waals surface area contributed by atoms with Crippen molar-refractivity contribution in [3.8, 4) is 5.75 Å². The summed E-state index contributed by atoms with van der Waals surface area (Å²) < 4.78 is 5.62. The fourth-order valence-corrected chi connectivity index (χ4v) is 1.99. The Balaban J connectivity index is 3.37. The van der Waals surface area contributed by atoms with Crippen molar-refractivity contribution in [3.05, 3.63) is 17.3 Å². The molecule has 2 amide bonds. The molecular weight excluding hydrogens is 300 g/mol. The summed E-state index contributed by atoms with van der Waals surface area (Å²) in [5.74, 6) is -0.168. The zero-order chi connectivity index (χ0) is 17.7. The van der Waals surface area contributed by atoms with E-state index < -0.39 is 0 Å². The van der Waals surface area contributed by atoms with Gasteiger partial charge in [0.1, 0.15) is 18.2 Å². The first kappa shape index (κ1) is 18.4. The van der Waals surface area contributed by atoms with Gasteiger partial charge in [0, 0.05) is 26.1 Å². The van der Waals surface area contributed by atoms with Crippen LogP contribution < -0.4 is 15.0 Å². The van der Waals surface area contributed by atoms with Crippen LogP contribution in [0.3, 0.4) is 0 Å². The number of ether oxygens (including phenoxy) is 1. The van der Waals surface area contributed by atoms with Crippen molar-refractivity contribution < 1.29 is 19.1 Å². The second-order valence-corrected chi connectivity index (χ2v) is 5.29. The number of carbonyl (C=O) groups is 2. The quantitative estimate of drug-likeness (QED) is 0.366. The average Bonchev–Trinajstić information content (AvgIpc) is 2.44. The van der Waals surface area contributed by atoms with E-state index in [0.29, 0.717) is 21.9 Å². The van der Waals surface area contributed by atoms with E-state index in [4.69, 9.17) is 4.74 Å². The van der Waals surface area contributed by atoms with Crippen molar-refractivity contribution in [3.63, 3.8) is 0 Å². The number of benzene rings is 1. The molecule has 0 unspecified atom stereocenters. The molecule has 8 nitrogen and oxygen atoms in total. The van der Waals surface area contributed by atoms with Gasteiger partial charge in [-0.15, -0.1) is 0 Å². The van der Waals surface area contributed by atoms with Crippen LogP contribution in [-0.2, 0) is 9.59 Å². The van der Waals surface area contributed by atoms with E-state index in [1.165, 1.54) is 31.1 Å². The molecule has 0 bridgehead atoms. The third-order valence-electron chi connectivity index (χ3n) is 3.06. The third-order valence-corrected chi connectivity index (χ3v) is 3.06. The Morgan fingerprint density at radius 1 is 1.35 bits per heavy atom. The maximum Gasteiger partial charge on any atom is 0.242 e. The Hall–Kier alpha value is -2.61. The van der Waals surface area contributed by atoms with Gasteiger partial charge in [0.2, 0.25) is 17.5 Å². The summed E-state index contributed by atoms with van der Waals surface area (Å²) >= 11 is 0. The molecule has 1 N–H and O–H groups in total. The number of anilines is 2. The summed E-state index contributed by atoms with van der Waals surface area (Å²) in [7, 11) is 6.54. The van der Waals surface area contributed by atoms with Crippen LogP contribution in [0.1, 0.15) is 6.92 Å². The van der Waals surface area contributed by atoms with Gasteiger partial charge in [-0.1, -0.05) is 0 Å². The second kappa shape index (κ2) is 7.59. The van der Waals surface area contributed by atoms with Crippen molar-refractivity contribution in [1.82, 2.24) is 4.90 Å². The highest BCUT2D eigenvalue weighted by atomic mass is 16.5. The maximum absolute atomic E-state index is 12.2. The first-order valence-electron chi connectivity index (χ1n) is 6.86. The van der Waals surface area contributed by atoms with Crippen LogP contribution >= 0.6 is 0 Å². The maximum atomic E-state index is 12.2. The number of nitrogens with zero attached hydrogens (tertiary/aromatic N) is 3. The molecule has 0 aliphatic heterocycles. The van der Waals surface area contributed by atoms with Crippen molar-refractivity contribution >= 4 is 35.6 Å². The Bertz CT molecular complexity index is 628. The van der Waals surface area contributed by atoms with Crippen LogP contribution in [0.25, 0.3) is 0 Å². The molecule has 0 aliphatic carbocycles. The number of hydrogen-bond acceptors (Lipinski definition) is 5. The van der Waals surface area contributed by atoms with Gasteiger partial charge in [-0.25, -0.2) is 0 Å². The molecule has 1 rings (SSSR count). The Labute approximate surface area is 135 Å². The number of nitrogens with one attached hydrogen (secondary N) is 1. The molecule has 0 aliphatic rings. The van der Waals surface area contributed by atoms with Crippen LogP contribution in [0, 0.1) is 5.21 Å². The van der Waals surface area contributed by atoms with Crippen LogP contribution in [0.4, 0.5) is 17.1 Å². The van der Waals surface area contributed by atoms with Crippen LogP contribution in [0.2, 0.25) is 0 Å². The lowest BCUT2D eigenvalue weighted by Crippen LogP contribution is -2.35. The molecule has 0 fully saturated rings. The zero-order valence-electron chi connectivity index (χ0n) is 14.0. The minimum absolute atomic E-state index is 0.143. The van der Waals surface area contributed by atoms with Gasteiger partial charge >= 0.3 is 0 Å². The normalized spacial score (nSPS) is 10.3. The molecule has 0 radical (unpaired) electrons. The summed E-state index contributed by atoms with van der Waals surface area (Å²) in [6, 6.07) is 2.94. The molecule has 1 aromatic rings. The zero-order valence-corrected chi connectivity index (χ0v) is 14.0. The van der Waals surface area contributed by atoms with E-state index in [-0.39, 0.29) is 24.0 Å². The van der Waals surface area contributed by atoms with E-state index in [0.717, 1.165) is 0 Å². The van der Waals surface area contributed by atoms with Crippen LogP contribution in [-0.4, -0.2) is 63.0 Å². The Kier molecular flexibility index (Phi) is 6.09. The summed E-state index contributed by atoms with van der Waals surface area (Å²) in [6.45, 7) is 4.85. The van der Waals surface area contributed by atoms with E-state index >= 15 is 0 Å². The monoisotopic (exact) mass is 322 g/mol. The largest absolute Gasteiger partial charge is 0.619 e. The van der Waals surface area contributed by atoms with Crippen LogP contribution in [0.5, 0.6) is 5.75 Å². The molecule has 23 heavy (non-hydrogen) atoms. The number of methoxy groups -OCH3 is 1. The summed E-state index contributed by atoms with van der Waals surface area (Å²) in [6.07, 6.45) is 0. The van der Waals surface area contributed by atoms with Gasteiger partial charge in [-0.2, -0.15) is 4.74 Å². The summed E-state index contributed by atoms with van der Waals surface area (Å²) in [5, 5.41) is 14.3. The fourth-order valence-electron chi connectivity index (χ4n) is 1.99. The lowest BCUT2D eigenvalue weighted by molar-refractivity contribution is -0.349. The lowest BCUT2D eigenvalue weighted by Gasteiger charge is -2.22.